The van der Waals surface area contributed by atoms with Crippen molar-refractivity contribution in [2.75, 3.05) is 32.7 Å². The first-order chi connectivity index (χ1) is 8.25. The van der Waals surface area contributed by atoms with Gasteiger partial charge in [0.1, 0.15) is 0 Å². The van der Waals surface area contributed by atoms with Gasteiger partial charge in [0.25, 0.3) is 0 Å². The summed E-state index contributed by atoms with van der Waals surface area (Å²) in [7, 11) is 0. The molecular formula is C13H26N2O2. The van der Waals surface area contributed by atoms with E-state index in [1.807, 2.05) is 0 Å². The van der Waals surface area contributed by atoms with Crippen LogP contribution in [-0.4, -0.2) is 60.0 Å². The first-order valence-electron chi connectivity index (χ1n) is 7.05. The predicted molar refractivity (Wildman–Crippen MR) is 67.9 cm³/mol. The maximum atomic E-state index is 9.88. The van der Waals surface area contributed by atoms with Gasteiger partial charge in [0.2, 0.25) is 0 Å². The van der Waals surface area contributed by atoms with Crippen molar-refractivity contribution in [1.29, 1.82) is 0 Å². The molecule has 0 bridgehead atoms. The van der Waals surface area contributed by atoms with Gasteiger partial charge in [-0.15, -0.1) is 0 Å². The first kappa shape index (κ1) is 13.3. The fourth-order valence-corrected chi connectivity index (χ4v) is 3.02. The molecule has 3 N–H and O–H groups in total. The van der Waals surface area contributed by atoms with Crippen molar-refractivity contribution in [3.05, 3.63) is 0 Å². The number of hydrogen-bond acceptors (Lipinski definition) is 4. The second kappa shape index (κ2) is 6.69. The van der Waals surface area contributed by atoms with E-state index in [0.29, 0.717) is 12.5 Å². The molecule has 1 saturated heterocycles. The van der Waals surface area contributed by atoms with Crippen molar-refractivity contribution >= 4 is 0 Å². The Balaban J connectivity index is 1.54. The van der Waals surface area contributed by atoms with Crippen molar-refractivity contribution in [1.82, 2.24) is 10.2 Å². The van der Waals surface area contributed by atoms with Gasteiger partial charge in [-0.25, -0.2) is 0 Å². The van der Waals surface area contributed by atoms with Crippen LogP contribution in [0, 0.1) is 5.92 Å². The number of rotatable bonds is 6. The molecule has 17 heavy (non-hydrogen) atoms. The lowest BCUT2D eigenvalue weighted by Crippen LogP contribution is -2.39. The van der Waals surface area contributed by atoms with Crippen LogP contribution in [0.15, 0.2) is 0 Å². The molecule has 3 atom stereocenters. The summed E-state index contributed by atoms with van der Waals surface area (Å²) >= 11 is 0. The van der Waals surface area contributed by atoms with Crippen LogP contribution in [0.1, 0.15) is 32.1 Å². The molecule has 3 unspecified atom stereocenters. The Bertz CT molecular complexity index is 219. The van der Waals surface area contributed by atoms with Gasteiger partial charge < -0.3 is 20.4 Å². The maximum absolute atomic E-state index is 9.88. The van der Waals surface area contributed by atoms with Crippen LogP contribution < -0.4 is 5.32 Å². The summed E-state index contributed by atoms with van der Waals surface area (Å²) in [6, 6.07) is 0. The van der Waals surface area contributed by atoms with Crippen LogP contribution in [-0.2, 0) is 0 Å². The van der Waals surface area contributed by atoms with Gasteiger partial charge >= 0.3 is 0 Å². The summed E-state index contributed by atoms with van der Waals surface area (Å²) < 4.78 is 0. The third kappa shape index (κ3) is 4.21. The Hall–Kier alpha value is -0.160. The number of aliphatic hydroxyl groups is 2. The Morgan fingerprint density at radius 1 is 1.18 bits per heavy atom. The average molecular weight is 242 g/mol. The number of aliphatic hydroxyl groups excluding tert-OH is 2. The van der Waals surface area contributed by atoms with E-state index in [2.05, 4.69) is 10.2 Å². The number of nitrogens with zero attached hydrogens (tertiary/aromatic N) is 1. The Morgan fingerprint density at radius 3 is 2.59 bits per heavy atom. The standard InChI is InChI=1S/C13H26N2O2/c16-12(10-15-6-1-2-7-15)9-14-8-11-4-3-5-13(11)17/h11-14,16-17H,1-10H2. The minimum atomic E-state index is -0.272. The van der Waals surface area contributed by atoms with Crippen molar-refractivity contribution in [3.63, 3.8) is 0 Å². The fourth-order valence-electron chi connectivity index (χ4n) is 3.02. The summed E-state index contributed by atoms with van der Waals surface area (Å²) in [6.07, 6.45) is 5.36. The average Bonchev–Trinajstić information content (AvgIpc) is 2.91. The summed E-state index contributed by atoms with van der Waals surface area (Å²) in [5.74, 6) is 0.397. The minimum Gasteiger partial charge on any atom is -0.393 e. The molecule has 0 spiro atoms. The Morgan fingerprint density at radius 2 is 1.94 bits per heavy atom. The van der Waals surface area contributed by atoms with Crippen molar-refractivity contribution in [3.8, 4) is 0 Å². The number of likely N-dealkylation sites (tertiary alicyclic amines) is 1. The minimum absolute atomic E-state index is 0.127. The van der Waals surface area contributed by atoms with Gasteiger partial charge in [-0.2, -0.15) is 0 Å². The lowest BCUT2D eigenvalue weighted by molar-refractivity contribution is 0.110. The van der Waals surface area contributed by atoms with E-state index in [1.165, 1.54) is 12.8 Å². The fraction of sp³-hybridized carbons (Fsp3) is 1.00. The van der Waals surface area contributed by atoms with Crippen molar-refractivity contribution < 1.29 is 10.2 Å². The summed E-state index contributed by atoms with van der Waals surface area (Å²) in [6.45, 7) is 4.56. The van der Waals surface area contributed by atoms with E-state index in [1.54, 1.807) is 0 Å². The largest absolute Gasteiger partial charge is 0.393 e. The van der Waals surface area contributed by atoms with E-state index < -0.39 is 0 Å². The van der Waals surface area contributed by atoms with E-state index in [0.717, 1.165) is 45.4 Å². The molecule has 2 aliphatic rings. The van der Waals surface area contributed by atoms with Gasteiger partial charge in [0, 0.05) is 19.6 Å². The number of hydrogen-bond donors (Lipinski definition) is 3. The molecule has 1 aliphatic carbocycles. The molecule has 1 saturated carbocycles. The first-order valence-corrected chi connectivity index (χ1v) is 7.05. The highest BCUT2D eigenvalue weighted by Gasteiger charge is 2.24. The van der Waals surface area contributed by atoms with Gasteiger partial charge in [0.05, 0.1) is 12.2 Å². The molecule has 0 radical (unpaired) electrons. The molecule has 0 aromatic rings. The quantitative estimate of drug-likeness (QED) is 0.622. The third-order valence-electron chi connectivity index (χ3n) is 4.07. The van der Waals surface area contributed by atoms with Crippen molar-refractivity contribution in [2.24, 2.45) is 5.92 Å². The molecule has 0 amide bonds. The molecule has 2 fully saturated rings. The predicted octanol–water partition coefficient (Wildman–Crippen LogP) is 0.194. The Labute approximate surface area is 104 Å². The van der Waals surface area contributed by atoms with Gasteiger partial charge in [0.15, 0.2) is 0 Å². The second-order valence-electron chi connectivity index (χ2n) is 5.58. The zero-order valence-electron chi connectivity index (χ0n) is 10.6. The van der Waals surface area contributed by atoms with Crippen LogP contribution >= 0.6 is 0 Å². The molecule has 1 aliphatic heterocycles. The highest BCUT2D eigenvalue weighted by molar-refractivity contribution is 4.79. The molecule has 2 rings (SSSR count). The molecule has 0 aromatic carbocycles. The van der Waals surface area contributed by atoms with Gasteiger partial charge in [-0.1, -0.05) is 6.42 Å². The van der Waals surface area contributed by atoms with Crippen LogP contribution in [0.3, 0.4) is 0 Å². The smallest absolute Gasteiger partial charge is 0.0791 e. The molecule has 4 heteroatoms. The van der Waals surface area contributed by atoms with Crippen LogP contribution in [0.4, 0.5) is 0 Å². The van der Waals surface area contributed by atoms with E-state index in [9.17, 15) is 10.2 Å². The monoisotopic (exact) mass is 242 g/mol. The number of β-amino-alcohol motifs (C(OH)–C–C–N with tert-alkyl or cyclic N) is 1. The van der Waals surface area contributed by atoms with Gasteiger partial charge in [-0.3, -0.25) is 0 Å². The maximum Gasteiger partial charge on any atom is 0.0791 e. The zero-order chi connectivity index (χ0) is 12.1. The lowest BCUT2D eigenvalue weighted by atomic mass is 10.1. The normalized spacial score (nSPS) is 32.1. The molecular weight excluding hydrogens is 216 g/mol. The zero-order valence-corrected chi connectivity index (χ0v) is 10.6. The van der Waals surface area contributed by atoms with Crippen LogP contribution in [0.25, 0.3) is 0 Å². The Kier molecular flexibility index (Phi) is 5.22. The highest BCUT2D eigenvalue weighted by Crippen LogP contribution is 2.24. The summed E-state index contributed by atoms with van der Waals surface area (Å²) in [5, 5.41) is 22.9. The van der Waals surface area contributed by atoms with Gasteiger partial charge in [-0.05, 0) is 44.7 Å². The molecule has 1 heterocycles. The number of nitrogens with one attached hydrogen (secondary N) is 1. The summed E-state index contributed by atoms with van der Waals surface area (Å²) in [5.41, 5.74) is 0. The summed E-state index contributed by atoms with van der Waals surface area (Å²) in [4.78, 5) is 2.33. The molecule has 0 aromatic heterocycles. The van der Waals surface area contributed by atoms with Crippen LogP contribution in [0.5, 0.6) is 0 Å². The lowest BCUT2D eigenvalue weighted by Gasteiger charge is -2.21. The van der Waals surface area contributed by atoms with E-state index in [4.69, 9.17) is 0 Å². The molecule has 4 nitrogen and oxygen atoms in total. The van der Waals surface area contributed by atoms with E-state index >= 15 is 0 Å². The van der Waals surface area contributed by atoms with Crippen molar-refractivity contribution in [2.45, 2.75) is 44.3 Å². The molecule has 100 valence electrons. The third-order valence-corrected chi connectivity index (χ3v) is 4.07. The van der Waals surface area contributed by atoms with E-state index in [-0.39, 0.29) is 12.2 Å². The topological polar surface area (TPSA) is 55.7 Å². The van der Waals surface area contributed by atoms with Crippen LogP contribution in [0.2, 0.25) is 0 Å². The second-order valence-corrected chi connectivity index (χ2v) is 5.58. The highest BCUT2D eigenvalue weighted by atomic mass is 16.3. The SMILES string of the molecule is OC(CNCC1CCCC1O)CN1CCCC1.